The molecule has 0 atom stereocenters. The van der Waals surface area contributed by atoms with Crippen LogP contribution < -0.4 is 10.5 Å². The Morgan fingerprint density at radius 3 is 2.38 bits per heavy atom. The maximum atomic E-state index is 12.4. The predicted molar refractivity (Wildman–Crippen MR) is 88.5 cm³/mol. The molecule has 3 N–H and O–H groups in total. The summed E-state index contributed by atoms with van der Waals surface area (Å²) in [7, 11) is -3.68. The summed E-state index contributed by atoms with van der Waals surface area (Å²) >= 11 is 4.86. The van der Waals surface area contributed by atoms with E-state index >= 15 is 0 Å². The van der Waals surface area contributed by atoms with Crippen LogP contribution in [0.1, 0.15) is 33.4 Å². The van der Waals surface area contributed by atoms with Gasteiger partial charge in [-0.05, 0) is 29.9 Å². The molecule has 0 aliphatic carbocycles. The number of aromatic nitrogens is 1. The summed E-state index contributed by atoms with van der Waals surface area (Å²) in [5.41, 5.74) is 5.67. The van der Waals surface area contributed by atoms with Crippen LogP contribution in [-0.2, 0) is 10.0 Å². The van der Waals surface area contributed by atoms with Gasteiger partial charge in [-0.1, -0.05) is 39.9 Å². The van der Waals surface area contributed by atoms with Crippen LogP contribution in [0.2, 0.25) is 0 Å². The molecule has 0 bridgehead atoms. The minimum Gasteiger partial charge on any atom is -0.388 e. The fourth-order valence-corrected chi connectivity index (χ4v) is 3.79. The van der Waals surface area contributed by atoms with Crippen molar-refractivity contribution in [1.29, 1.82) is 0 Å². The molecular weight excluding hydrogens is 306 g/mol. The van der Waals surface area contributed by atoms with Gasteiger partial charge in [0.2, 0.25) is 10.0 Å². The zero-order valence-corrected chi connectivity index (χ0v) is 14.5. The van der Waals surface area contributed by atoms with E-state index in [4.69, 9.17) is 18.0 Å². The minimum absolute atomic E-state index is 0.0276. The lowest BCUT2D eigenvalue weighted by Gasteiger charge is -2.25. The number of nitrogens with zero attached hydrogens (tertiary/aromatic N) is 1. The van der Waals surface area contributed by atoms with Gasteiger partial charge in [-0.2, -0.15) is 0 Å². The maximum Gasteiger partial charge on any atom is 0.242 e. The Morgan fingerprint density at radius 1 is 1.33 bits per heavy atom. The second kappa shape index (κ2) is 7.29. The minimum atomic E-state index is -3.68. The van der Waals surface area contributed by atoms with Gasteiger partial charge in [0.05, 0.1) is 0 Å². The first kappa shape index (κ1) is 18.0. The molecular formula is C14H23N3O2S2. The Balaban J connectivity index is 3.00. The van der Waals surface area contributed by atoms with Gasteiger partial charge in [-0.15, -0.1) is 0 Å². The van der Waals surface area contributed by atoms with Crippen molar-refractivity contribution >= 4 is 27.2 Å². The molecule has 0 saturated carbocycles. The largest absolute Gasteiger partial charge is 0.388 e. The topological polar surface area (TPSA) is 85.1 Å². The number of nitrogens with two attached hydrogens (primary N) is 1. The smallest absolute Gasteiger partial charge is 0.242 e. The van der Waals surface area contributed by atoms with Crippen LogP contribution in [0.4, 0.5) is 0 Å². The highest BCUT2D eigenvalue weighted by atomic mass is 32.2. The van der Waals surface area contributed by atoms with Crippen LogP contribution in [0.25, 0.3) is 0 Å². The van der Waals surface area contributed by atoms with Crippen molar-refractivity contribution in [3.8, 4) is 0 Å². The van der Waals surface area contributed by atoms with Gasteiger partial charge in [-0.3, -0.25) is 4.98 Å². The Morgan fingerprint density at radius 2 is 1.90 bits per heavy atom. The highest BCUT2D eigenvalue weighted by Crippen LogP contribution is 2.21. The molecule has 0 unspecified atom stereocenters. The Kier molecular flexibility index (Phi) is 6.24. The molecule has 0 aliphatic rings. The number of nitrogens with one attached hydrogen (secondary N) is 1. The molecule has 1 heterocycles. The van der Waals surface area contributed by atoms with E-state index in [0.29, 0.717) is 18.4 Å². The van der Waals surface area contributed by atoms with Crippen LogP contribution in [0.3, 0.4) is 0 Å². The molecule has 1 rings (SSSR count). The van der Waals surface area contributed by atoms with Crippen LogP contribution in [0.15, 0.2) is 23.2 Å². The zero-order valence-electron chi connectivity index (χ0n) is 12.8. The molecule has 0 spiro atoms. The van der Waals surface area contributed by atoms with E-state index in [9.17, 15) is 8.42 Å². The fourth-order valence-electron chi connectivity index (χ4n) is 2.32. The quantitative estimate of drug-likeness (QED) is 0.747. The first-order valence-corrected chi connectivity index (χ1v) is 8.80. The SMILES string of the molecule is CC(C)C(CNS(=O)(=O)c1cccnc1C(N)=S)C(C)C. The first-order chi connectivity index (χ1) is 9.66. The maximum absolute atomic E-state index is 12.4. The third-order valence-corrected chi connectivity index (χ3v) is 5.16. The van der Waals surface area contributed by atoms with Gasteiger partial charge in [0.25, 0.3) is 0 Å². The molecule has 0 radical (unpaired) electrons. The number of hydrogen-bond donors (Lipinski definition) is 2. The van der Waals surface area contributed by atoms with Gasteiger partial charge in [0.1, 0.15) is 15.6 Å². The fraction of sp³-hybridized carbons (Fsp3) is 0.571. The molecule has 0 aromatic carbocycles. The van der Waals surface area contributed by atoms with E-state index in [1.54, 1.807) is 6.07 Å². The van der Waals surface area contributed by atoms with Crippen molar-refractivity contribution in [3.05, 3.63) is 24.0 Å². The van der Waals surface area contributed by atoms with Crippen LogP contribution >= 0.6 is 12.2 Å². The molecule has 0 amide bonds. The zero-order chi connectivity index (χ0) is 16.2. The molecule has 1 aromatic rings. The van der Waals surface area contributed by atoms with E-state index < -0.39 is 10.0 Å². The van der Waals surface area contributed by atoms with Crippen molar-refractivity contribution in [2.45, 2.75) is 32.6 Å². The van der Waals surface area contributed by atoms with Crippen molar-refractivity contribution in [1.82, 2.24) is 9.71 Å². The Hall–Kier alpha value is -1.05. The number of rotatable bonds is 7. The predicted octanol–water partition coefficient (Wildman–Crippen LogP) is 1.92. The van der Waals surface area contributed by atoms with Crippen molar-refractivity contribution in [2.75, 3.05) is 6.54 Å². The van der Waals surface area contributed by atoms with Gasteiger partial charge in [0, 0.05) is 12.7 Å². The number of thiocarbonyl (C=S) groups is 1. The van der Waals surface area contributed by atoms with Crippen LogP contribution in [-0.4, -0.2) is 24.9 Å². The average Bonchev–Trinajstić information content (AvgIpc) is 2.37. The number of hydrogen-bond acceptors (Lipinski definition) is 4. The van der Waals surface area contributed by atoms with Crippen LogP contribution in [0.5, 0.6) is 0 Å². The normalized spacial score (nSPS) is 12.3. The molecule has 0 aliphatic heterocycles. The van der Waals surface area contributed by atoms with E-state index in [1.165, 1.54) is 12.3 Å². The first-order valence-electron chi connectivity index (χ1n) is 6.91. The monoisotopic (exact) mass is 329 g/mol. The molecule has 118 valence electrons. The van der Waals surface area contributed by atoms with Gasteiger partial charge in [0.15, 0.2) is 0 Å². The standard InChI is InChI=1S/C14H23N3O2S2/c1-9(2)11(10(3)4)8-17-21(18,19)12-6-5-7-16-13(12)14(15)20/h5-7,9-11,17H,8H2,1-4H3,(H2,15,20). The summed E-state index contributed by atoms with van der Waals surface area (Å²) < 4.78 is 27.5. The van der Waals surface area contributed by atoms with Crippen molar-refractivity contribution < 1.29 is 8.42 Å². The van der Waals surface area contributed by atoms with Gasteiger partial charge >= 0.3 is 0 Å². The van der Waals surface area contributed by atoms with Gasteiger partial charge < -0.3 is 5.73 Å². The lowest BCUT2D eigenvalue weighted by atomic mass is 9.86. The summed E-state index contributed by atoms with van der Waals surface area (Å²) in [5, 5.41) is 0. The lowest BCUT2D eigenvalue weighted by Crippen LogP contribution is -2.35. The third-order valence-electron chi connectivity index (χ3n) is 3.52. The number of sulfonamides is 1. The Labute approximate surface area is 132 Å². The summed E-state index contributed by atoms with van der Waals surface area (Å²) in [6, 6.07) is 3.02. The highest BCUT2D eigenvalue weighted by molar-refractivity contribution is 7.89. The third kappa shape index (κ3) is 4.72. The summed E-state index contributed by atoms with van der Waals surface area (Å²) in [6.07, 6.45) is 1.47. The summed E-state index contributed by atoms with van der Waals surface area (Å²) in [5.74, 6) is 1.03. The molecule has 0 saturated heterocycles. The van der Waals surface area contributed by atoms with E-state index in [0.717, 1.165) is 0 Å². The molecule has 7 heteroatoms. The molecule has 5 nitrogen and oxygen atoms in total. The Bertz CT molecular complexity index is 590. The van der Waals surface area contributed by atoms with E-state index in [2.05, 4.69) is 37.4 Å². The van der Waals surface area contributed by atoms with Gasteiger partial charge in [-0.25, -0.2) is 13.1 Å². The second-order valence-corrected chi connectivity index (χ2v) is 7.89. The molecule has 1 aromatic heterocycles. The highest BCUT2D eigenvalue weighted by Gasteiger charge is 2.24. The average molecular weight is 329 g/mol. The van der Waals surface area contributed by atoms with Crippen LogP contribution in [0, 0.1) is 17.8 Å². The number of pyridine rings is 1. The summed E-state index contributed by atoms with van der Waals surface area (Å²) in [4.78, 5) is 3.96. The second-order valence-electron chi connectivity index (χ2n) is 5.72. The summed E-state index contributed by atoms with van der Waals surface area (Å²) in [6.45, 7) is 8.73. The van der Waals surface area contributed by atoms with E-state index in [-0.39, 0.29) is 21.5 Å². The molecule has 0 fully saturated rings. The van der Waals surface area contributed by atoms with Crippen molar-refractivity contribution in [2.24, 2.45) is 23.5 Å². The van der Waals surface area contributed by atoms with Crippen molar-refractivity contribution in [3.63, 3.8) is 0 Å². The molecule has 21 heavy (non-hydrogen) atoms. The lowest BCUT2D eigenvalue weighted by molar-refractivity contribution is 0.289. The van der Waals surface area contributed by atoms with E-state index in [1.807, 2.05) is 0 Å².